The third-order valence-electron chi connectivity index (χ3n) is 10.7. The van der Waals surface area contributed by atoms with Crippen molar-refractivity contribution >= 4 is 19.7 Å². The maximum Gasteiger partial charge on any atom is 0.440 e. The smallest absolute Gasteiger partial charge is 0.440 e. The van der Waals surface area contributed by atoms with Crippen LogP contribution in [-0.4, -0.2) is 89.8 Å². The van der Waals surface area contributed by atoms with Gasteiger partial charge in [0.1, 0.15) is 35.8 Å². The van der Waals surface area contributed by atoms with Crippen LogP contribution >= 0.6 is 7.95 Å². The highest BCUT2D eigenvalue weighted by Crippen LogP contribution is 2.49. The fourth-order valence-electron chi connectivity index (χ4n) is 7.76. The summed E-state index contributed by atoms with van der Waals surface area (Å²) in [6, 6.07) is 31.9. The van der Waals surface area contributed by atoms with Gasteiger partial charge in [0.2, 0.25) is 6.35 Å². The minimum atomic E-state index is -2.31. The first kappa shape index (κ1) is 44.1. The molecule has 0 saturated carbocycles. The van der Waals surface area contributed by atoms with Crippen molar-refractivity contribution in [3.8, 4) is 39.8 Å². The zero-order chi connectivity index (χ0) is 42.9. The molecule has 4 aromatic rings. The molecule has 6 rings (SSSR count). The van der Waals surface area contributed by atoms with Crippen LogP contribution in [0.3, 0.4) is 0 Å². The largest absolute Gasteiger partial charge is 0.497 e. The summed E-state index contributed by atoms with van der Waals surface area (Å²) >= 11 is 0. The molecule has 0 radical (unpaired) electrons. The molecular weight excluding hydrogens is 785 g/mol. The van der Waals surface area contributed by atoms with Crippen molar-refractivity contribution in [2.75, 3.05) is 20.8 Å². The number of aliphatic hydroxyl groups is 1. The van der Waals surface area contributed by atoms with Gasteiger partial charge in [-0.05, 0) is 109 Å². The number of carbonyl (C=O) groups is 1. The Hall–Kier alpha value is -5.48. The summed E-state index contributed by atoms with van der Waals surface area (Å²) in [4.78, 5) is 18.5. The molecule has 4 aromatic carbocycles. The van der Waals surface area contributed by atoms with Crippen molar-refractivity contribution in [3.63, 3.8) is 0 Å². The number of alkyl halides is 1. The molecule has 2 N–H and O–H groups in total. The van der Waals surface area contributed by atoms with Crippen LogP contribution in [0.15, 0.2) is 114 Å². The number of amides is 1. The Morgan fingerprint density at radius 3 is 2.15 bits per heavy atom. The molecule has 7 atom stereocenters. The maximum absolute atomic E-state index is 17.1. The Labute approximate surface area is 352 Å². The zero-order valence-corrected chi connectivity index (χ0v) is 35.5. The number of hydrogen-bond donors (Lipinski definition) is 2. The van der Waals surface area contributed by atoms with E-state index in [0.717, 1.165) is 33.6 Å². The first-order valence-electron chi connectivity index (χ1n) is 19.9. The van der Waals surface area contributed by atoms with E-state index in [9.17, 15) is 19.7 Å². The minimum absolute atomic E-state index is 0.0925. The molecule has 1 saturated heterocycles. The number of methoxy groups -OCH3 is 2. The predicted octanol–water partition coefficient (Wildman–Crippen LogP) is 8.31. The number of ether oxygens (including phenoxy) is 4. The second-order valence-corrected chi connectivity index (χ2v) is 16.9. The number of halogens is 1. The minimum Gasteiger partial charge on any atom is -0.497 e. The summed E-state index contributed by atoms with van der Waals surface area (Å²) in [6.45, 7) is 7.55. The third kappa shape index (κ3) is 10.1. The van der Waals surface area contributed by atoms with Gasteiger partial charge in [-0.3, -0.25) is 4.79 Å². The first-order valence-corrected chi connectivity index (χ1v) is 21.2. The van der Waals surface area contributed by atoms with Gasteiger partial charge in [0, 0.05) is 23.8 Å². The van der Waals surface area contributed by atoms with Crippen LogP contribution in [0.2, 0.25) is 0 Å². The molecule has 2 heterocycles. The van der Waals surface area contributed by atoms with Gasteiger partial charge in [-0.25, -0.2) is 9.38 Å². The summed E-state index contributed by atoms with van der Waals surface area (Å²) < 4.78 is 56.8. The maximum atomic E-state index is 17.1. The SMILES string of the molecule is COc1ccc(-c2ccc(COCC3OC(N4C=CC(NC(=O)c5ccccc5)=NC4O)C(C(CC#N)[P+](=O)N(C(C)C)C(C)C)C3F)c(-c3ccc(OC)cc3)c2)cc1. The molecule has 314 valence electrons. The number of benzene rings is 4. The van der Waals surface area contributed by atoms with Crippen LogP contribution in [-0.2, 0) is 20.6 Å². The standard InChI is InChI=1S/C46H51FN5O7P/c1-29(2)52(30(3)4)60(55)40(22-24-48)42-43(47)39(59-45(42)51-25-23-41(50-46(51)54)49-44(53)33-10-8-7-9-11-33)28-58-27-35-13-12-34(31-14-18-36(56-5)19-15-31)26-38(35)32-16-20-37(57-6)21-17-32/h7-21,23,25-26,29-30,39-40,42-43,45-46,54H,22,27-28H2,1-6H3/p+1. The number of nitriles is 1. The predicted molar refractivity (Wildman–Crippen MR) is 229 cm³/mol. The molecule has 14 heteroatoms. The van der Waals surface area contributed by atoms with Gasteiger partial charge in [-0.1, -0.05) is 59.3 Å². The molecule has 0 bridgehead atoms. The van der Waals surface area contributed by atoms with Crippen molar-refractivity contribution in [3.05, 3.63) is 120 Å². The highest BCUT2D eigenvalue weighted by atomic mass is 31.1. The number of rotatable bonds is 16. The van der Waals surface area contributed by atoms with Crippen LogP contribution in [0.1, 0.15) is 50.0 Å². The fourth-order valence-corrected chi connectivity index (χ4v) is 9.85. The molecule has 0 aromatic heterocycles. The van der Waals surface area contributed by atoms with E-state index in [1.54, 1.807) is 49.2 Å². The van der Waals surface area contributed by atoms with E-state index >= 15 is 4.39 Å². The Morgan fingerprint density at radius 2 is 1.57 bits per heavy atom. The van der Waals surface area contributed by atoms with Gasteiger partial charge in [0.05, 0.1) is 45.8 Å². The lowest BCUT2D eigenvalue weighted by Crippen LogP contribution is -2.49. The highest BCUT2D eigenvalue weighted by molar-refractivity contribution is 7.43. The lowest BCUT2D eigenvalue weighted by atomic mass is 9.94. The molecule has 1 fully saturated rings. The highest BCUT2D eigenvalue weighted by Gasteiger charge is 2.59. The van der Waals surface area contributed by atoms with Gasteiger partial charge >= 0.3 is 7.95 Å². The van der Waals surface area contributed by atoms with Crippen molar-refractivity contribution < 1.29 is 37.8 Å². The monoisotopic (exact) mass is 836 g/mol. The molecule has 7 unspecified atom stereocenters. The second-order valence-electron chi connectivity index (χ2n) is 15.2. The van der Waals surface area contributed by atoms with Gasteiger partial charge in [-0.2, -0.15) is 5.26 Å². The Morgan fingerprint density at radius 1 is 0.950 bits per heavy atom. The Balaban J connectivity index is 1.26. The summed E-state index contributed by atoms with van der Waals surface area (Å²) in [6.07, 6.45) is -2.94. The van der Waals surface area contributed by atoms with E-state index in [-0.39, 0.29) is 37.6 Å². The van der Waals surface area contributed by atoms with E-state index in [0.29, 0.717) is 11.3 Å². The summed E-state index contributed by atoms with van der Waals surface area (Å²) in [5, 5.41) is 24.1. The van der Waals surface area contributed by atoms with E-state index < -0.39 is 50.3 Å². The Bertz CT molecular complexity index is 2190. The second kappa shape index (κ2) is 20.2. The topological polar surface area (TPSA) is 146 Å². The lowest BCUT2D eigenvalue weighted by molar-refractivity contribution is -0.123. The van der Waals surface area contributed by atoms with E-state index in [2.05, 4.69) is 22.4 Å². The van der Waals surface area contributed by atoms with E-state index in [1.165, 1.54) is 17.2 Å². The van der Waals surface area contributed by atoms with Crippen molar-refractivity contribution in [2.45, 2.75) is 83.3 Å². The van der Waals surface area contributed by atoms with E-state index in [1.807, 2.05) is 88.4 Å². The number of nitrogens with zero attached hydrogens (tertiary/aromatic N) is 4. The van der Waals surface area contributed by atoms with Crippen LogP contribution in [0.25, 0.3) is 22.3 Å². The average Bonchev–Trinajstić information content (AvgIpc) is 3.57. The molecule has 2 aliphatic heterocycles. The first-order chi connectivity index (χ1) is 28.9. The number of hydrogen-bond acceptors (Lipinski definition) is 10. The normalized spacial score (nSPS) is 20.8. The third-order valence-corrected chi connectivity index (χ3v) is 13.1. The molecule has 1 amide bonds. The molecule has 60 heavy (non-hydrogen) atoms. The van der Waals surface area contributed by atoms with Gasteiger partial charge in [0.25, 0.3) is 5.91 Å². The van der Waals surface area contributed by atoms with Crippen molar-refractivity contribution in [2.24, 2.45) is 10.9 Å². The van der Waals surface area contributed by atoms with E-state index in [4.69, 9.17) is 18.9 Å². The van der Waals surface area contributed by atoms with Crippen molar-refractivity contribution in [1.82, 2.24) is 14.9 Å². The number of aliphatic imine (C=N–C) groups is 1. The molecule has 0 spiro atoms. The quantitative estimate of drug-likeness (QED) is 0.106. The fraction of sp³-hybridized carbons (Fsp3) is 0.370. The number of nitrogens with one attached hydrogen (secondary N) is 1. The molecule has 0 aliphatic carbocycles. The molecule has 12 nitrogen and oxygen atoms in total. The average molecular weight is 837 g/mol. The number of amidine groups is 1. The summed E-state index contributed by atoms with van der Waals surface area (Å²) in [7, 11) is 0.932. The molecular formula is C46H52FN5O7P+. The van der Waals surface area contributed by atoms with Crippen molar-refractivity contribution in [1.29, 1.82) is 5.26 Å². The lowest BCUT2D eigenvalue weighted by Gasteiger charge is -2.35. The van der Waals surface area contributed by atoms with Crippen LogP contribution in [0.5, 0.6) is 11.5 Å². The number of aliphatic hydroxyl groups excluding tert-OH is 1. The van der Waals surface area contributed by atoms with Crippen LogP contribution < -0.4 is 14.8 Å². The number of carbonyl (C=O) groups excluding carboxylic acids is 1. The van der Waals surface area contributed by atoms with Crippen LogP contribution in [0, 0.1) is 17.2 Å². The van der Waals surface area contributed by atoms with Gasteiger partial charge in [0.15, 0.2) is 5.66 Å². The Kier molecular flexibility index (Phi) is 14.8. The molecule has 2 aliphatic rings. The zero-order valence-electron chi connectivity index (χ0n) is 34.6. The van der Waals surface area contributed by atoms with Gasteiger partial charge in [-0.15, -0.1) is 0 Å². The summed E-state index contributed by atoms with van der Waals surface area (Å²) in [5.41, 5.74) is 4.10. The summed E-state index contributed by atoms with van der Waals surface area (Å²) in [5.74, 6) is 0.0101. The van der Waals surface area contributed by atoms with Gasteiger partial charge < -0.3 is 34.3 Å². The van der Waals surface area contributed by atoms with Crippen LogP contribution in [0.4, 0.5) is 4.39 Å².